The fraction of sp³-hybridized carbons (Fsp3) is 0.182. The summed E-state index contributed by atoms with van der Waals surface area (Å²) in [6, 6.07) is 11.4. The molecule has 4 aromatic rings. The van der Waals surface area contributed by atoms with Crippen molar-refractivity contribution >= 4 is 38.8 Å². The van der Waals surface area contributed by atoms with Gasteiger partial charge in [-0.05, 0) is 31.3 Å². The van der Waals surface area contributed by atoms with Gasteiger partial charge in [-0.25, -0.2) is 17.8 Å². The van der Waals surface area contributed by atoms with E-state index in [4.69, 9.17) is 16.3 Å². The summed E-state index contributed by atoms with van der Waals surface area (Å²) < 4.78 is 50.3. The minimum atomic E-state index is -4.22. The zero-order chi connectivity index (χ0) is 23.9. The number of hydrogen-bond acceptors (Lipinski definition) is 7. The fourth-order valence-corrected chi connectivity index (χ4v) is 5.69. The zero-order valence-electron chi connectivity index (χ0n) is 17.9. The Bertz CT molecular complexity index is 1440. The number of aromatic nitrogens is 3. The number of rotatable bonds is 7. The van der Waals surface area contributed by atoms with E-state index >= 15 is 0 Å². The maximum absolute atomic E-state index is 14.9. The minimum absolute atomic E-state index is 0.00586. The Morgan fingerprint density at radius 1 is 1.21 bits per heavy atom. The molecule has 8 nitrogen and oxygen atoms in total. The number of para-hydroxylation sites is 1. The van der Waals surface area contributed by atoms with Crippen molar-refractivity contribution in [3.05, 3.63) is 70.4 Å². The summed E-state index contributed by atoms with van der Waals surface area (Å²) in [5, 5.41) is 5.91. The van der Waals surface area contributed by atoms with Gasteiger partial charge in [0.05, 0.1) is 22.3 Å². The van der Waals surface area contributed by atoms with Gasteiger partial charge in [0.2, 0.25) is 0 Å². The highest BCUT2D eigenvalue weighted by molar-refractivity contribution is 7.92. The van der Waals surface area contributed by atoms with Gasteiger partial charge in [-0.2, -0.15) is 5.10 Å². The summed E-state index contributed by atoms with van der Waals surface area (Å²) in [5.74, 6) is -0.464. The SMILES string of the molecule is CN1CC(n2nccc2-c2ccccc2Oc2cc(F)c(S(=O)(=O)Nc3cscn3)cc2Cl)C1. The zero-order valence-corrected chi connectivity index (χ0v) is 20.2. The highest BCUT2D eigenvalue weighted by Crippen LogP contribution is 2.39. The molecule has 176 valence electrons. The number of benzene rings is 2. The van der Waals surface area contributed by atoms with Crippen molar-refractivity contribution in [2.75, 3.05) is 24.9 Å². The Kier molecular flexibility index (Phi) is 6.02. The van der Waals surface area contributed by atoms with Crippen LogP contribution in [0.1, 0.15) is 6.04 Å². The van der Waals surface area contributed by atoms with Gasteiger partial charge in [0.25, 0.3) is 10.0 Å². The number of sulfonamides is 1. The molecule has 1 saturated heterocycles. The molecule has 3 heterocycles. The second-order valence-corrected chi connectivity index (χ2v) is 10.6. The van der Waals surface area contributed by atoms with Crippen LogP contribution in [0.25, 0.3) is 11.3 Å². The van der Waals surface area contributed by atoms with E-state index in [1.807, 2.05) is 29.9 Å². The minimum Gasteiger partial charge on any atom is -0.455 e. The van der Waals surface area contributed by atoms with Gasteiger partial charge in [-0.3, -0.25) is 9.40 Å². The summed E-state index contributed by atoms with van der Waals surface area (Å²) >= 11 is 7.53. The van der Waals surface area contributed by atoms with Crippen molar-refractivity contribution in [2.45, 2.75) is 10.9 Å². The first kappa shape index (κ1) is 22.8. The maximum Gasteiger partial charge on any atom is 0.266 e. The number of ether oxygens (including phenoxy) is 1. The third kappa shape index (κ3) is 4.39. The maximum atomic E-state index is 14.9. The van der Waals surface area contributed by atoms with Gasteiger partial charge in [0.15, 0.2) is 5.82 Å². The molecule has 0 saturated carbocycles. The molecule has 0 bridgehead atoms. The number of likely N-dealkylation sites (N-methyl/N-ethyl adjacent to an activating group) is 1. The van der Waals surface area contributed by atoms with Crippen LogP contribution >= 0.6 is 22.9 Å². The summed E-state index contributed by atoms with van der Waals surface area (Å²) in [6.45, 7) is 1.78. The van der Waals surface area contributed by atoms with Crippen LogP contribution in [-0.2, 0) is 10.0 Å². The summed E-state index contributed by atoms with van der Waals surface area (Å²) in [7, 11) is -2.18. The molecule has 12 heteroatoms. The summed E-state index contributed by atoms with van der Waals surface area (Å²) in [5.41, 5.74) is 3.08. The molecular formula is C22H19ClFN5O3S2. The fourth-order valence-electron chi connectivity index (χ4n) is 3.78. The molecule has 1 N–H and O–H groups in total. The van der Waals surface area contributed by atoms with E-state index in [0.717, 1.165) is 36.5 Å². The molecule has 34 heavy (non-hydrogen) atoms. The Balaban J connectivity index is 1.45. The van der Waals surface area contributed by atoms with E-state index in [-0.39, 0.29) is 22.6 Å². The molecule has 1 aliphatic rings. The highest BCUT2D eigenvalue weighted by atomic mass is 35.5. The second kappa shape index (κ2) is 8.99. The third-order valence-corrected chi connectivity index (χ3v) is 7.64. The van der Waals surface area contributed by atoms with Crippen molar-refractivity contribution in [3.63, 3.8) is 0 Å². The first-order chi connectivity index (χ1) is 16.3. The number of hydrogen-bond donors (Lipinski definition) is 1. The average Bonchev–Trinajstić information content (AvgIpc) is 3.46. The lowest BCUT2D eigenvalue weighted by Crippen LogP contribution is -2.45. The summed E-state index contributed by atoms with van der Waals surface area (Å²) in [6.07, 6.45) is 1.73. The molecule has 0 amide bonds. The van der Waals surface area contributed by atoms with E-state index in [0.29, 0.717) is 5.75 Å². The van der Waals surface area contributed by atoms with Gasteiger partial charge in [-0.15, -0.1) is 11.3 Å². The standard InChI is InChI=1S/C22H19ClFN5O3S2/c1-28-10-14(11-28)29-18(6-7-26-29)15-4-2-3-5-19(15)32-20-9-17(24)21(8-16(20)23)34(30,31)27-22-12-33-13-25-22/h2-9,12-14,27H,10-11H2,1H3. The Morgan fingerprint density at radius 2 is 2.00 bits per heavy atom. The predicted octanol–water partition coefficient (Wildman–Crippen LogP) is 4.88. The molecule has 2 aromatic carbocycles. The molecule has 1 fully saturated rings. The molecule has 2 aromatic heterocycles. The first-order valence-corrected chi connectivity index (χ1v) is 13.0. The van der Waals surface area contributed by atoms with Crippen LogP contribution in [0, 0.1) is 5.82 Å². The van der Waals surface area contributed by atoms with Crippen molar-refractivity contribution < 1.29 is 17.5 Å². The van der Waals surface area contributed by atoms with Crippen molar-refractivity contribution in [3.8, 4) is 22.8 Å². The predicted molar refractivity (Wildman–Crippen MR) is 129 cm³/mol. The number of halogens is 2. The van der Waals surface area contributed by atoms with E-state index in [9.17, 15) is 12.8 Å². The van der Waals surface area contributed by atoms with Gasteiger partial charge in [0.1, 0.15) is 22.2 Å². The molecule has 5 rings (SSSR count). The van der Waals surface area contributed by atoms with E-state index in [1.165, 1.54) is 22.2 Å². The Hall–Kier alpha value is -2.99. The molecule has 0 unspecified atom stereocenters. The molecule has 0 atom stereocenters. The number of anilines is 1. The second-order valence-electron chi connectivity index (χ2n) is 7.83. The monoisotopic (exact) mass is 519 g/mol. The Labute approximate surface area is 204 Å². The van der Waals surface area contributed by atoms with Crippen LogP contribution in [0.3, 0.4) is 0 Å². The smallest absolute Gasteiger partial charge is 0.266 e. The van der Waals surface area contributed by atoms with Crippen molar-refractivity contribution in [2.24, 2.45) is 0 Å². The first-order valence-electron chi connectivity index (χ1n) is 10.2. The topological polar surface area (TPSA) is 89.4 Å². The lowest BCUT2D eigenvalue weighted by Gasteiger charge is -2.37. The van der Waals surface area contributed by atoms with Gasteiger partial charge >= 0.3 is 0 Å². The lowest BCUT2D eigenvalue weighted by atomic mass is 10.1. The average molecular weight is 520 g/mol. The molecule has 1 aliphatic heterocycles. The molecule has 0 spiro atoms. The van der Waals surface area contributed by atoms with E-state index < -0.39 is 20.7 Å². The number of thiazole rings is 1. The molecular weight excluding hydrogens is 501 g/mol. The third-order valence-electron chi connectivity index (χ3n) is 5.39. The van der Waals surface area contributed by atoms with Crippen LogP contribution in [0.5, 0.6) is 11.5 Å². The highest BCUT2D eigenvalue weighted by Gasteiger charge is 2.28. The van der Waals surface area contributed by atoms with Crippen LogP contribution in [-0.4, -0.2) is 48.2 Å². The number of nitrogens with zero attached hydrogens (tertiary/aromatic N) is 4. The van der Waals surface area contributed by atoms with E-state index in [1.54, 1.807) is 18.3 Å². The van der Waals surface area contributed by atoms with E-state index in [2.05, 4.69) is 19.7 Å². The number of nitrogens with one attached hydrogen (secondary N) is 1. The van der Waals surface area contributed by atoms with Crippen molar-refractivity contribution in [1.29, 1.82) is 0 Å². The van der Waals surface area contributed by atoms with Crippen LogP contribution in [0.4, 0.5) is 10.2 Å². The quantitative estimate of drug-likeness (QED) is 0.374. The van der Waals surface area contributed by atoms with Crippen LogP contribution in [0.2, 0.25) is 5.02 Å². The largest absolute Gasteiger partial charge is 0.455 e. The Morgan fingerprint density at radius 3 is 2.74 bits per heavy atom. The lowest BCUT2D eigenvalue weighted by molar-refractivity contribution is 0.132. The van der Waals surface area contributed by atoms with Gasteiger partial charge in [-0.1, -0.05) is 23.7 Å². The van der Waals surface area contributed by atoms with Crippen LogP contribution < -0.4 is 9.46 Å². The summed E-state index contributed by atoms with van der Waals surface area (Å²) in [4.78, 5) is 5.45. The van der Waals surface area contributed by atoms with Gasteiger partial charge in [0, 0.05) is 36.3 Å². The normalized spacial score (nSPS) is 14.7. The van der Waals surface area contributed by atoms with Gasteiger partial charge < -0.3 is 9.64 Å². The molecule has 0 aliphatic carbocycles. The van der Waals surface area contributed by atoms with Crippen molar-refractivity contribution in [1.82, 2.24) is 19.7 Å². The van der Waals surface area contributed by atoms with Crippen LogP contribution in [0.15, 0.2) is 64.4 Å². The number of likely N-dealkylation sites (tertiary alicyclic amines) is 1. The molecule has 0 radical (unpaired) electrons.